The van der Waals surface area contributed by atoms with Crippen molar-refractivity contribution in [1.29, 1.82) is 0 Å². The van der Waals surface area contributed by atoms with Crippen molar-refractivity contribution >= 4 is 34.9 Å². The Balaban J connectivity index is 2.72. The zero-order valence-electron chi connectivity index (χ0n) is 9.20. The number of rotatable bonds is 5. The molecule has 2 nitrogen and oxygen atoms in total. The average molecular weight is 257 g/mol. The fourth-order valence-electron chi connectivity index (χ4n) is 1.08. The predicted octanol–water partition coefficient (Wildman–Crippen LogP) is 3.18. The number of Topliss-reactive ketones (excluding diaryl/α,β-unsaturated/α-hetero) is 2. The topological polar surface area (TPSA) is 34.1 Å². The quantitative estimate of drug-likeness (QED) is 0.461. The van der Waals surface area contributed by atoms with Gasteiger partial charge in [0.25, 0.3) is 0 Å². The van der Waals surface area contributed by atoms with E-state index in [0.29, 0.717) is 5.56 Å². The highest BCUT2D eigenvalue weighted by Crippen LogP contribution is 2.24. The first kappa shape index (κ1) is 13.3. The molecule has 86 valence electrons. The summed E-state index contributed by atoms with van der Waals surface area (Å²) in [6.45, 7) is 3.44. The summed E-state index contributed by atoms with van der Waals surface area (Å²) >= 11 is 6.94. The van der Waals surface area contributed by atoms with Crippen molar-refractivity contribution in [2.24, 2.45) is 0 Å². The van der Waals surface area contributed by atoms with Gasteiger partial charge in [0.15, 0.2) is 5.78 Å². The summed E-state index contributed by atoms with van der Waals surface area (Å²) in [4.78, 5) is 23.3. The monoisotopic (exact) mass is 256 g/mol. The molecule has 0 saturated carbocycles. The minimum atomic E-state index is -0.0853. The van der Waals surface area contributed by atoms with Gasteiger partial charge in [-0.25, -0.2) is 0 Å². The fourth-order valence-corrected chi connectivity index (χ4v) is 2.11. The average Bonchev–Trinajstić information content (AvgIpc) is 2.28. The predicted molar refractivity (Wildman–Crippen MR) is 67.5 cm³/mol. The molecule has 0 radical (unpaired) electrons. The Hall–Kier alpha value is -0.800. The number of benzene rings is 1. The zero-order chi connectivity index (χ0) is 12.1. The Labute approximate surface area is 104 Å². The van der Waals surface area contributed by atoms with Crippen molar-refractivity contribution in [3.63, 3.8) is 0 Å². The van der Waals surface area contributed by atoms with Crippen LogP contribution in [0, 0.1) is 0 Å². The first-order chi connectivity index (χ1) is 7.54. The van der Waals surface area contributed by atoms with Gasteiger partial charge in [0.05, 0.1) is 11.1 Å². The van der Waals surface area contributed by atoms with E-state index in [2.05, 4.69) is 0 Å². The molecule has 0 aliphatic heterocycles. The molecule has 0 spiro atoms. The van der Waals surface area contributed by atoms with Crippen LogP contribution in [-0.2, 0) is 4.79 Å². The maximum atomic E-state index is 11.3. The molecular weight excluding hydrogens is 244 g/mol. The van der Waals surface area contributed by atoms with Crippen LogP contribution < -0.4 is 0 Å². The molecule has 1 unspecified atom stereocenters. The van der Waals surface area contributed by atoms with Crippen molar-refractivity contribution in [3.8, 4) is 0 Å². The number of carbonyl (C=O) groups is 2. The van der Waals surface area contributed by atoms with Gasteiger partial charge in [0.1, 0.15) is 5.78 Å². The van der Waals surface area contributed by atoms with Crippen molar-refractivity contribution in [2.75, 3.05) is 5.88 Å². The first-order valence-corrected chi connectivity index (χ1v) is 6.32. The summed E-state index contributed by atoms with van der Waals surface area (Å²) < 4.78 is 0. The number of carbonyl (C=O) groups excluding carboxylic acids is 2. The second kappa shape index (κ2) is 6.06. The standard InChI is InChI=1S/C12H13ClO2S/c1-8(14)9(2)16-11-5-3-10(4-6-11)12(15)7-13/h3-6,9H,7H2,1-2H3. The van der Waals surface area contributed by atoms with Crippen LogP contribution >= 0.6 is 23.4 Å². The van der Waals surface area contributed by atoms with E-state index in [4.69, 9.17) is 11.6 Å². The largest absolute Gasteiger partial charge is 0.299 e. The van der Waals surface area contributed by atoms with Crippen LogP contribution in [0.4, 0.5) is 0 Å². The SMILES string of the molecule is CC(=O)C(C)Sc1ccc(C(=O)CCl)cc1. The maximum absolute atomic E-state index is 11.3. The molecule has 1 aromatic carbocycles. The van der Waals surface area contributed by atoms with Crippen LogP contribution in [0.1, 0.15) is 24.2 Å². The highest BCUT2D eigenvalue weighted by molar-refractivity contribution is 8.00. The van der Waals surface area contributed by atoms with E-state index in [1.54, 1.807) is 19.1 Å². The molecule has 0 aliphatic rings. The Kier molecular flexibility index (Phi) is 5.03. The summed E-state index contributed by atoms with van der Waals surface area (Å²) in [5.41, 5.74) is 0.606. The van der Waals surface area contributed by atoms with Crippen LogP contribution in [0.15, 0.2) is 29.2 Å². The summed E-state index contributed by atoms with van der Waals surface area (Å²) in [6.07, 6.45) is 0. The summed E-state index contributed by atoms with van der Waals surface area (Å²) in [7, 11) is 0. The Morgan fingerprint density at radius 1 is 1.31 bits per heavy atom. The second-order valence-electron chi connectivity index (χ2n) is 3.45. The van der Waals surface area contributed by atoms with Crippen molar-refractivity contribution < 1.29 is 9.59 Å². The lowest BCUT2D eigenvalue weighted by molar-refractivity contribution is -0.116. The van der Waals surface area contributed by atoms with Gasteiger partial charge in [-0.15, -0.1) is 23.4 Å². The van der Waals surface area contributed by atoms with Crippen molar-refractivity contribution in [1.82, 2.24) is 0 Å². The van der Waals surface area contributed by atoms with E-state index < -0.39 is 0 Å². The third-order valence-electron chi connectivity index (χ3n) is 2.18. The fraction of sp³-hybridized carbons (Fsp3) is 0.333. The first-order valence-electron chi connectivity index (χ1n) is 4.91. The number of halogens is 1. The van der Waals surface area contributed by atoms with E-state index in [0.717, 1.165) is 4.90 Å². The van der Waals surface area contributed by atoms with E-state index in [1.165, 1.54) is 11.8 Å². The van der Waals surface area contributed by atoms with Gasteiger partial charge in [0, 0.05) is 10.5 Å². The number of ketones is 2. The highest BCUT2D eigenvalue weighted by atomic mass is 35.5. The van der Waals surface area contributed by atoms with Gasteiger partial charge in [0.2, 0.25) is 0 Å². The number of hydrogen-bond acceptors (Lipinski definition) is 3. The molecule has 0 N–H and O–H groups in total. The van der Waals surface area contributed by atoms with E-state index in [-0.39, 0.29) is 22.7 Å². The lowest BCUT2D eigenvalue weighted by atomic mass is 10.1. The molecule has 16 heavy (non-hydrogen) atoms. The normalized spacial score (nSPS) is 12.2. The molecule has 0 aliphatic carbocycles. The minimum absolute atomic E-state index is 0.00363. The van der Waals surface area contributed by atoms with Gasteiger partial charge in [-0.2, -0.15) is 0 Å². The Bertz CT molecular complexity index is 387. The van der Waals surface area contributed by atoms with Crippen LogP contribution in [0.2, 0.25) is 0 Å². The molecule has 0 amide bonds. The Morgan fingerprint density at radius 2 is 1.88 bits per heavy atom. The molecule has 0 fully saturated rings. The third-order valence-corrected chi connectivity index (χ3v) is 3.66. The summed E-state index contributed by atoms with van der Waals surface area (Å²) in [5.74, 6) is 0.0554. The maximum Gasteiger partial charge on any atom is 0.177 e. The van der Waals surface area contributed by atoms with Crippen molar-refractivity contribution in [3.05, 3.63) is 29.8 Å². The van der Waals surface area contributed by atoms with E-state index in [9.17, 15) is 9.59 Å². The van der Waals surface area contributed by atoms with Gasteiger partial charge in [-0.1, -0.05) is 12.1 Å². The molecule has 0 heterocycles. The lowest BCUT2D eigenvalue weighted by Crippen LogP contribution is -2.07. The van der Waals surface area contributed by atoms with Gasteiger partial charge < -0.3 is 0 Å². The number of alkyl halides is 1. The van der Waals surface area contributed by atoms with Crippen LogP contribution in [0.3, 0.4) is 0 Å². The molecule has 1 atom stereocenters. The van der Waals surface area contributed by atoms with E-state index >= 15 is 0 Å². The molecule has 0 aromatic heterocycles. The molecule has 4 heteroatoms. The third kappa shape index (κ3) is 3.65. The van der Waals surface area contributed by atoms with Gasteiger partial charge in [-0.05, 0) is 26.0 Å². The highest BCUT2D eigenvalue weighted by Gasteiger charge is 2.10. The molecule has 0 bridgehead atoms. The van der Waals surface area contributed by atoms with E-state index in [1.807, 2.05) is 19.1 Å². The minimum Gasteiger partial charge on any atom is -0.299 e. The van der Waals surface area contributed by atoms with Gasteiger partial charge >= 0.3 is 0 Å². The molecule has 1 aromatic rings. The number of thioether (sulfide) groups is 1. The van der Waals surface area contributed by atoms with Crippen LogP contribution in [0.5, 0.6) is 0 Å². The van der Waals surface area contributed by atoms with Gasteiger partial charge in [-0.3, -0.25) is 9.59 Å². The Morgan fingerprint density at radius 3 is 2.31 bits per heavy atom. The van der Waals surface area contributed by atoms with Crippen molar-refractivity contribution in [2.45, 2.75) is 24.0 Å². The summed E-state index contributed by atoms with van der Waals surface area (Å²) in [5, 5.41) is -0.0606. The molecular formula is C12H13ClO2S. The second-order valence-corrected chi connectivity index (χ2v) is 5.13. The summed E-state index contributed by atoms with van der Waals surface area (Å²) in [6, 6.07) is 7.15. The smallest absolute Gasteiger partial charge is 0.177 e. The number of hydrogen-bond donors (Lipinski definition) is 0. The molecule has 0 saturated heterocycles. The zero-order valence-corrected chi connectivity index (χ0v) is 10.8. The van der Waals surface area contributed by atoms with Crippen LogP contribution in [-0.4, -0.2) is 22.7 Å². The molecule has 1 rings (SSSR count). The lowest BCUT2D eigenvalue weighted by Gasteiger charge is -2.07. The van der Waals surface area contributed by atoms with Crippen LogP contribution in [0.25, 0.3) is 0 Å².